The van der Waals surface area contributed by atoms with Crippen molar-refractivity contribution in [2.24, 2.45) is 0 Å². The first-order valence-electron chi connectivity index (χ1n) is 1.50. The van der Waals surface area contributed by atoms with Crippen LogP contribution < -0.4 is 0 Å². The highest BCUT2D eigenvalue weighted by Gasteiger charge is 1.83. The number of hydrogen-bond donors (Lipinski definition) is 1. The van der Waals surface area contributed by atoms with Gasteiger partial charge in [-0.3, -0.25) is 0 Å². The average molecular weight is 165 g/mol. The molecule has 0 radical (unpaired) electrons. The van der Waals surface area contributed by atoms with E-state index in [1.165, 1.54) is 0 Å². The molecule has 0 unspecified atom stereocenters. The minimum absolute atomic E-state index is 0.250. The largest absolute Gasteiger partial charge is 0.582 e. The Morgan fingerprint density at radius 1 is 1.71 bits per heavy atom. The van der Waals surface area contributed by atoms with Crippen LogP contribution in [0.4, 0.5) is 0 Å². The Morgan fingerprint density at radius 3 is 1.71 bits per heavy atom. The Hall–Kier alpha value is 0.850. The maximum absolute atomic E-state index is 9.09. The first-order chi connectivity index (χ1) is 3.15. The van der Waals surface area contributed by atoms with E-state index in [2.05, 4.69) is 21.4 Å². The maximum atomic E-state index is 9.09. The first kappa shape index (κ1) is 10.8. The summed E-state index contributed by atoms with van der Waals surface area (Å²) in [5, 5.41) is 7.57. The number of rotatable bonds is 0. The van der Waals surface area contributed by atoms with Crippen molar-refractivity contribution >= 4 is 31.0 Å². The van der Waals surface area contributed by atoms with Crippen molar-refractivity contribution in [2.75, 3.05) is 6.61 Å². The summed E-state index contributed by atoms with van der Waals surface area (Å²) in [4.78, 5) is 0. The van der Waals surface area contributed by atoms with Crippen LogP contribution in [0.15, 0.2) is 0 Å². The number of aliphatic hydroxyl groups excluding tert-OH is 1. The van der Waals surface area contributed by atoms with Gasteiger partial charge in [-0.2, -0.15) is 0 Å². The summed E-state index contributed by atoms with van der Waals surface area (Å²) >= 11 is 0. The maximum Gasteiger partial charge on any atom is 0.198 e. The van der Waals surface area contributed by atoms with Crippen molar-refractivity contribution < 1.29 is 9.66 Å². The number of halogens is 2. The van der Waals surface area contributed by atoms with Crippen molar-refractivity contribution in [3.05, 3.63) is 0 Å². The van der Waals surface area contributed by atoms with Crippen LogP contribution in [0.3, 0.4) is 0 Å². The molecule has 0 aliphatic carbocycles. The Kier molecular flexibility index (Phi) is 15.3. The van der Waals surface area contributed by atoms with Crippen molar-refractivity contribution in [2.45, 2.75) is 6.92 Å². The van der Waals surface area contributed by atoms with Crippen LogP contribution >= 0.6 is 21.4 Å². The second-order valence-corrected chi connectivity index (χ2v) is 3.02. The van der Waals surface area contributed by atoms with E-state index >= 15 is 0 Å². The van der Waals surface area contributed by atoms with Gasteiger partial charge >= 0.3 is 0 Å². The molecule has 0 aromatic rings. The van der Waals surface area contributed by atoms with Crippen LogP contribution in [0.25, 0.3) is 0 Å². The van der Waals surface area contributed by atoms with Crippen molar-refractivity contribution in [3.8, 4) is 0 Å². The minimum atomic E-state index is -1.67. The molecule has 0 bridgehead atoms. The van der Waals surface area contributed by atoms with Crippen molar-refractivity contribution in [1.82, 2.24) is 0 Å². The zero-order valence-corrected chi connectivity index (χ0v) is 6.06. The van der Waals surface area contributed by atoms with Gasteiger partial charge in [0.15, 0.2) is 31.0 Å². The van der Waals surface area contributed by atoms with Crippen LogP contribution in [0.1, 0.15) is 6.92 Å². The molecule has 0 amide bonds. The SMILES string of the molecule is CCO.[O-][S+](Cl)Cl. The monoisotopic (exact) mass is 164 g/mol. The van der Waals surface area contributed by atoms with Gasteiger partial charge in [0, 0.05) is 6.61 Å². The molecule has 0 atom stereocenters. The molecule has 0 aliphatic rings. The van der Waals surface area contributed by atoms with Gasteiger partial charge in [-0.05, 0) is 6.92 Å². The molecule has 2 nitrogen and oxygen atoms in total. The third kappa shape index (κ3) is 223. The van der Waals surface area contributed by atoms with Gasteiger partial charge in [0.25, 0.3) is 0 Å². The zero-order chi connectivity index (χ0) is 6.28. The molecule has 0 aromatic carbocycles. The van der Waals surface area contributed by atoms with Crippen LogP contribution in [-0.4, -0.2) is 16.3 Å². The molecule has 1 N–H and O–H groups in total. The van der Waals surface area contributed by atoms with Gasteiger partial charge in [-0.25, -0.2) is 0 Å². The summed E-state index contributed by atoms with van der Waals surface area (Å²) in [6, 6.07) is 0. The molecular weight excluding hydrogens is 159 g/mol. The molecule has 0 aliphatic heterocycles. The van der Waals surface area contributed by atoms with E-state index in [4.69, 9.17) is 9.66 Å². The quantitative estimate of drug-likeness (QED) is 0.545. The first-order valence-corrected chi connectivity index (χ1v) is 4.30. The molecule has 7 heavy (non-hydrogen) atoms. The van der Waals surface area contributed by atoms with Crippen LogP contribution in [-0.2, 0) is 9.60 Å². The predicted octanol–water partition coefficient (Wildman–Crippen LogP) is 1.04. The van der Waals surface area contributed by atoms with Gasteiger partial charge in [0.1, 0.15) is 0 Å². The lowest BCUT2D eigenvalue weighted by Gasteiger charge is -1.73. The van der Waals surface area contributed by atoms with E-state index in [0.29, 0.717) is 0 Å². The second kappa shape index (κ2) is 9.97. The topological polar surface area (TPSA) is 43.3 Å². The summed E-state index contributed by atoms with van der Waals surface area (Å²) < 4.78 is 9.09. The van der Waals surface area contributed by atoms with E-state index in [0.717, 1.165) is 0 Å². The zero-order valence-electron chi connectivity index (χ0n) is 3.73. The summed E-state index contributed by atoms with van der Waals surface area (Å²) in [6.45, 7) is 1.93. The fourth-order valence-corrected chi connectivity index (χ4v) is 0. The minimum Gasteiger partial charge on any atom is -0.582 e. The Balaban J connectivity index is 0. The summed E-state index contributed by atoms with van der Waals surface area (Å²) in [5.41, 5.74) is 0. The predicted molar refractivity (Wildman–Crippen MR) is 32.6 cm³/mol. The van der Waals surface area contributed by atoms with Gasteiger partial charge in [-0.15, -0.1) is 0 Å². The molecule has 46 valence electrons. The molecule has 0 aromatic heterocycles. The fourth-order valence-electron chi connectivity index (χ4n) is 0. The normalized spacial score (nSPS) is 7.71. The van der Waals surface area contributed by atoms with Gasteiger partial charge < -0.3 is 9.66 Å². The smallest absolute Gasteiger partial charge is 0.198 e. The lowest BCUT2D eigenvalue weighted by Crippen LogP contribution is -1.63. The third-order valence-corrected chi connectivity index (χ3v) is 0. The van der Waals surface area contributed by atoms with E-state index in [-0.39, 0.29) is 6.61 Å². The van der Waals surface area contributed by atoms with E-state index in [1.807, 2.05) is 0 Å². The molecule has 0 fully saturated rings. The average Bonchev–Trinajstić information content (AvgIpc) is 1.33. The molecule has 0 rings (SSSR count). The molecular formula is C2H6Cl2O2S. The van der Waals surface area contributed by atoms with Gasteiger partial charge in [0.05, 0.1) is 0 Å². The molecule has 0 spiro atoms. The van der Waals surface area contributed by atoms with Crippen LogP contribution in [0.5, 0.6) is 0 Å². The van der Waals surface area contributed by atoms with Crippen LogP contribution in [0.2, 0.25) is 0 Å². The molecule has 0 heterocycles. The lowest BCUT2D eigenvalue weighted by molar-refractivity contribution is 0.318. The summed E-state index contributed by atoms with van der Waals surface area (Å²) in [5.74, 6) is 0. The summed E-state index contributed by atoms with van der Waals surface area (Å²) in [6.07, 6.45) is 0. The Labute approximate surface area is 54.6 Å². The van der Waals surface area contributed by atoms with Crippen LogP contribution in [0, 0.1) is 0 Å². The molecule has 5 heteroatoms. The van der Waals surface area contributed by atoms with E-state index < -0.39 is 9.60 Å². The summed E-state index contributed by atoms with van der Waals surface area (Å²) in [7, 11) is 7.36. The Morgan fingerprint density at radius 2 is 1.71 bits per heavy atom. The lowest BCUT2D eigenvalue weighted by atomic mass is 10.9. The van der Waals surface area contributed by atoms with Gasteiger partial charge in [-0.1, -0.05) is 0 Å². The van der Waals surface area contributed by atoms with Crippen molar-refractivity contribution in [1.29, 1.82) is 0 Å². The number of hydrogen-bond acceptors (Lipinski definition) is 2. The Bertz CT molecular complexity index is 24.9. The molecule has 0 saturated carbocycles. The second-order valence-electron chi connectivity index (χ2n) is 0.501. The van der Waals surface area contributed by atoms with E-state index in [1.54, 1.807) is 6.92 Å². The highest BCUT2D eigenvalue weighted by atomic mass is 36.0. The molecule has 0 saturated heterocycles. The van der Waals surface area contributed by atoms with Crippen molar-refractivity contribution in [3.63, 3.8) is 0 Å². The third-order valence-electron chi connectivity index (χ3n) is 0. The highest BCUT2D eigenvalue weighted by molar-refractivity contribution is 8.31. The fraction of sp³-hybridized carbons (Fsp3) is 1.00. The van der Waals surface area contributed by atoms with Gasteiger partial charge in [0.2, 0.25) is 0 Å². The highest BCUT2D eigenvalue weighted by Crippen LogP contribution is 1.98. The standard InChI is InChI=1S/C2H6O.Cl2OS/c1-2-3;1-4(2)3/h3H,2H2,1H3;. The van der Waals surface area contributed by atoms with E-state index in [9.17, 15) is 0 Å². The number of aliphatic hydroxyl groups is 1.